The maximum absolute atomic E-state index is 12.3. The topological polar surface area (TPSA) is 54.5 Å². The van der Waals surface area contributed by atoms with Gasteiger partial charge in [-0.2, -0.15) is 4.31 Å². The number of hydrogen-bond acceptors (Lipinski definition) is 3. The minimum absolute atomic E-state index is 0.110. The monoisotopic (exact) mass is 351 g/mol. The van der Waals surface area contributed by atoms with Gasteiger partial charge in [-0.25, -0.2) is 8.42 Å². The quantitative estimate of drug-likeness (QED) is 0.821. The van der Waals surface area contributed by atoms with E-state index in [4.69, 9.17) is 11.6 Å². The zero-order valence-corrected chi connectivity index (χ0v) is 12.6. The number of Topliss-reactive ketones (excluding diaryl/α,β-unsaturated/α-hetero) is 1. The molecule has 7 heteroatoms. The third-order valence-electron chi connectivity index (χ3n) is 2.81. The van der Waals surface area contributed by atoms with Crippen LogP contribution in [0.5, 0.6) is 0 Å². The van der Waals surface area contributed by atoms with E-state index in [-0.39, 0.29) is 36.6 Å². The first-order valence-corrected chi connectivity index (χ1v) is 7.99. The van der Waals surface area contributed by atoms with Gasteiger partial charge < -0.3 is 0 Å². The lowest BCUT2D eigenvalue weighted by Gasteiger charge is -2.25. The zero-order chi connectivity index (χ0) is 13.3. The van der Waals surface area contributed by atoms with E-state index >= 15 is 0 Å². The van der Waals surface area contributed by atoms with E-state index in [1.165, 1.54) is 22.5 Å². The second-order valence-corrected chi connectivity index (χ2v) is 7.22. The van der Waals surface area contributed by atoms with Crippen LogP contribution in [0.4, 0.5) is 0 Å². The van der Waals surface area contributed by atoms with Gasteiger partial charge in [-0.05, 0) is 34.1 Å². The molecule has 0 aromatic heterocycles. The van der Waals surface area contributed by atoms with E-state index in [0.29, 0.717) is 9.50 Å². The van der Waals surface area contributed by atoms with Gasteiger partial charge in [-0.3, -0.25) is 4.79 Å². The number of sulfonamides is 1. The van der Waals surface area contributed by atoms with Crippen molar-refractivity contribution in [2.45, 2.75) is 17.7 Å². The third-order valence-corrected chi connectivity index (χ3v) is 5.92. The third kappa shape index (κ3) is 2.77. The fourth-order valence-electron chi connectivity index (χ4n) is 1.76. The molecule has 1 aromatic rings. The van der Waals surface area contributed by atoms with Gasteiger partial charge in [0.05, 0.1) is 9.92 Å². The number of carbonyl (C=O) groups excluding carboxylic acids is 1. The SMILES string of the molecule is O=C1CCN(S(=O)(=O)c2ccc(Cl)c(Br)c2)CC1. The van der Waals surface area contributed by atoms with Crippen molar-refractivity contribution in [3.63, 3.8) is 0 Å². The molecule has 0 bridgehead atoms. The Kier molecular flexibility index (Phi) is 4.11. The van der Waals surface area contributed by atoms with Gasteiger partial charge in [0.15, 0.2) is 0 Å². The summed E-state index contributed by atoms with van der Waals surface area (Å²) >= 11 is 9.04. The molecule has 0 amide bonds. The van der Waals surface area contributed by atoms with Crippen molar-refractivity contribution in [2.75, 3.05) is 13.1 Å². The highest BCUT2D eigenvalue weighted by molar-refractivity contribution is 9.10. The summed E-state index contributed by atoms with van der Waals surface area (Å²) in [6.45, 7) is 0.503. The smallest absolute Gasteiger partial charge is 0.243 e. The van der Waals surface area contributed by atoms with Crippen LogP contribution in [0.1, 0.15) is 12.8 Å². The van der Waals surface area contributed by atoms with Crippen molar-refractivity contribution in [1.82, 2.24) is 4.31 Å². The Labute approximate surface area is 119 Å². The van der Waals surface area contributed by atoms with Crippen LogP contribution in [0.3, 0.4) is 0 Å². The van der Waals surface area contributed by atoms with Crippen LogP contribution in [0.2, 0.25) is 5.02 Å². The van der Waals surface area contributed by atoms with E-state index in [1.807, 2.05) is 0 Å². The van der Waals surface area contributed by atoms with Crippen LogP contribution in [-0.2, 0) is 14.8 Å². The minimum atomic E-state index is -3.53. The number of ketones is 1. The van der Waals surface area contributed by atoms with Crippen molar-refractivity contribution >= 4 is 43.3 Å². The highest BCUT2D eigenvalue weighted by Gasteiger charge is 2.28. The summed E-state index contributed by atoms with van der Waals surface area (Å²) in [6.07, 6.45) is 0.571. The first-order chi connectivity index (χ1) is 8.41. The minimum Gasteiger partial charge on any atom is -0.300 e. The molecule has 0 saturated carbocycles. The molecule has 0 N–H and O–H groups in total. The van der Waals surface area contributed by atoms with Crippen molar-refractivity contribution < 1.29 is 13.2 Å². The van der Waals surface area contributed by atoms with Gasteiger partial charge in [0, 0.05) is 30.4 Å². The number of hydrogen-bond donors (Lipinski definition) is 0. The fraction of sp³-hybridized carbons (Fsp3) is 0.364. The molecule has 1 aliphatic rings. The van der Waals surface area contributed by atoms with Gasteiger partial charge in [0.25, 0.3) is 0 Å². The Balaban J connectivity index is 2.30. The number of nitrogens with zero attached hydrogens (tertiary/aromatic N) is 1. The second kappa shape index (κ2) is 5.28. The molecule has 2 rings (SSSR count). The molecule has 1 aromatic carbocycles. The van der Waals surface area contributed by atoms with Gasteiger partial charge in [0.1, 0.15) is 5.78 Å². The average Bonchev–Trinajstić information content (AvgIpc) is 2.33. The summed E-state index contributed by atoms with van der Waals surface area (Å²) in [4.78, 5) is 11.3. The summed E-state index contributed by atoms with van der Waals surface area (Å²) in [5, 5.41) is 0.461. The van der Waals surface area contributed by atoms with Crippen LogP contribution in [0.25, 0.3) is 0 Å². The predicted octanol–water partition coefficient (Wildman–Crippen LogP) is 2.46. The summed E-state index contributed by atoms with van der Waals surface area (Å²) in [5.74, 6) is 0.110. The Hall–Kier alpha value is -0.430. The molecule has 0 unspecified atom stereocenters. The summed E-state index contributed by atoms with van der Waals surface area (Å²) in [6, 6.07) is 4.49. The zero-order valence-electron chi connectivity index (χ0n) is 9.40. The van der Waals surface area contributed by atoms with Crippen LogP contribution >= 0.6 is 27.5 Å². The fourth-order valence-corrected chi connectivity index (χ4v) is 3.88. The lowest BCUT2D eigenvalue weighted by atomic mass is 10.1. The molecule has 4 nitrogen and oxygen atoms in total. The van der Waals surface area contributed by atoms with Crippen LogP contribution in [0.15, 0.2) is 27.6 Å². The predicted molar refractivity (Wildman–Crippen MR) is 72.2 cm³/mol. The molecule has 0 spiro atoms. The molecule has 1 fully saturated rings. The second-order valence-electron chi connectivity index (χ2n) is 4.02. The molecule has 1 aliphatic heterocycles. The number of carbonyl (C=O) groups is 1. The Morgan fingerprint density at radius 1 is 1.22 bits per heavy atom. The first kappa shape index (κ1) is 14.0. The van der Waals surface area contributed by atoms with Crippen LogP contribution < -0.4 is 0 Å². The van der Waals surface area contributed by atoms with E-state index in [2.05, 4.69) is 15.9 Å². The molecular weight excluding hydrogens is 342 g/mol. The molecule has 0 aliphatic carbocycles. The van der Waals surface area contributed by atoms with Crippen molar-refractivity contribution in [1.29, 1.82) is 0 Å². The Morgan fingerprint density at radius 3 is 2.39 bits per heavy atom. The number of rotatable bonds is 2. The number of piperidine rings is 1. The van der Waals surface area contributed by atoms with Gasteiger partial charge in [0.2, 0.25) is 10.0 Å². The normalized spacial score (nSPS) is 18.0. The van der Waals surface area contributed by atoms with Gasteiger partial charge in [-0.15, -0.1) is 0 Å². The standard InChI is InChI=1S/C11H11BrClNO3S/c12-10-7-9(1-2-11(10)13)18(16,17)14-5-3-8(15)4-6-14/h1-2,7H,3-6H2. The Morgan fingerprint density at radius 2 is 1.83 bits per heavy atom. The molecule has 0 atom stereocenters. The van der Waals surface area contributed by atoms with Crippen LogP contribution in [0, 0.1) is 0 Å². The van der Waals surface area contributed by atoms with Crippen LogP contribution in [-0.4, -0.2) is 31.6 Å². The summed E-state index contributed by atoms with van der Waals surface area (Å²) in [5.41, 5.74) is 0. The molecule has 18 heavy (non-hydrogen) atoms. The lowest BCUT2D eigenvalue weighted by molar-refractivity contribution is -0.120. The van der Waals surface area contributed by atoms with Crippen molar-refractivity contribution in [3.8, 4) is 0 Å². The number of halogens is 2. The molecule has 1 heterocycles. The molecule has 0 radical (unpaired) electrons. The molecule has 1 saturated heterocycles. The summed E-state index contributed by atoms with van der Waals surface area (Å²) < 4.78 is 26.5. The van der Waals surface area contributed by atoms with E-state index in [1.54, 1.807) is 0 Å². The average molecular weight is 353 g/mol. The molecule has 98 valence electrons. The summed E-state index contributed by atoms with van der Waals surface area (Å²) in [7, 11) is -3.53. The van der Waals surface area contributed by atoms with Crippen molar-refractivity contribution in [3.05, 3.63) is 27.7 Å². The maximum atomic E-state index is 12.3. The Bertz CT molecular complexity index is 578. The number of benzene rings is 1. The first-order valence-electron chi connectivity index (χ1n) is 5.38. The highest BCUT2D eigenvalue weighted by Crippen LogP contribution is 2.27. The molecular formula is C11H11BrClNO3S. The van der Waals surface area contributed by atoms with E-state index in [0.717, 1.165) is 0 Å². The van der Waals surface area contributed by atoms with E-state index in [9.17, 15) is 13.2 Å². The van der Waals surface area contributed by atoms with E-state index < -0.39 is 10.0 Å². The highest BCUT2D eigenvalue weighted by atomic mass is 79.9. The van der Waals surface area contributed by atoms with Crippen molar-refractivity contribution in [2.24, 2.45) is 0 Å². The largest absolute Gasteiger partial charge is 0.300 e. The van der Waals surface area contributed by atoms with Gasteiger partial charge in [-0.1, -0.05) is 11.6 Å². The van der Waals surface area contributed by atoms with Gasteiger partial charge >= 0.3 is 0 Å². The maximum Gasteiger partial charge on any atom is 0.243 e. The lowest BCUT2D eigenvalue weighted by Crippen LogP contribution is -2.38.